The molecule has 72 heavy (non-hydrogen) atoms. The van der Waals surface area contributed by atoms with Crippen LogP contribution in [-0.2, 0) is 41.7 Å². The van der Waals surface area contributed by atoms with E-state index in [0.29, 0.717) is 56.5 Å². The molecule has 4 aromatic heterocycles. The van der Waals surface area contributed by atoms with Crippen molar-refractivity contribution in [3.8, 4) is 22.6 Å². The summed E-state index contributed by atoms with van der Waals surface area (Å²) in [5.74, 6) is -1.65. The number of nitrogens with one attached hydrogen (secondary N) is 4. The van der Waals surface area contributed by atoms with Crippen LogP contribution in [0.15, 0.2) is 79.3 Å². The van der Waals surface area contributed by atoms with E-state index in [1.165, 1.54) is 18.5 Å². The van der Waals surface area contributed by atoms with Crippen LogP contribution in [0.1, 0.15) is 95.1 Å². The fourth-order valence-electron chi connectivity index (χ4n) is 9.06. The summed E-state index contributed by atoms with van der Waals surface area (Å²) >= 11 is 0. The van der Waals surface area contributed by atoms with Crippen molar-refractivity contribution >= 4 is 52.9 Å². The molecule has 3 atom stereocenters. The second kappa shape index (κ2) is 24.9. The van der Waals surface area contributed by atoms with Gasteiger partial charge in [0.2, 0.25) is 11.8 Å². The molecule has 0 spiro atoms. The number of aromatic amines is 1. The molecule has 0 bridgehead atoms. The van der Waals surface area contributed by atoms with Gasteiger partial charge in [-0.2, -0.15) is 5.10 Å². The summed E-state index contributed by atoms with van der Waals surface area (Å²) in [7, 11) is 0. The Bertz CT molecular complexity index is 2750. The van der Waals surface area contributed by atoms with E-state index in [1.807, 2.05) is 57.3 Å². The minimum atomic E-state index is -0.833. The van der Waals surface area contributed by atoms with Gasteiger partial charge in [0.15, 0.2) is 11.4 Å². The summed E-state index contributed by atoms with van der Waals surface area (Å²) in [6.07, 6.45) is 11.1. The van der Waals surface area contributed by atoms with Gasteiger partial charge in [0, 0.05) is 86.7 Å². The number of amides is 7. The Kier molecular flexibility index (Phi) is 18.0. The van der Waals surface area contributed by atoms with Crippen molar-refractivity contribution < 1.29 is 38.3 Å². The highest BCUT2D eigenvalue weighted by Crippen LogP contribution is 2.31. The number of benzene rings is 1. The van der Waals surface area contributed by atoms with Crippen LogP contribution >= 0.6 is 0 Å². The average molecular weight is 985 g/mol. The number of rotatable bonds is 24. The number of Topliss-reactive ketones (excluding diaryl/α,β-unsaturated/α-hetero) is 1. The van der Waals surface area contributed by atoms with Crippen LogP contribution in [0.5, 0.6) is 0 Å². The Morgan fingerprint density at radius 3 is 2.50 bits per heavy atom. The molecule has 2 aliphatic rings. The molecule has 20 nitrogen and oxygen atoms in total. The van der Waals surface area contributed by atoms with Gasteiger partial charge in [-0.3, -0.25) is 33.9 Å². The monoisotopic (exact) mass is 984 g/mol. The second-order valence-electron chi connectivity index (χ2n) is 18.8. The minimum absolute atomic E-state index is 0.0322. The van der Waals surface area contributed by atoms with Crippen molar-refractivity contribution in [2.24, 2.45) is 23.5 Å². The highest BCUT2D eigenvalue weighted by molar-refractivity contribution is 6.12. The molecule has 1 fully saturated rings. The summed E-state index contributed by atoms with van der Waals surface area (Å²) in [5.41, 5.74) is 11.4. The number of imidazole rings is 1. The molecule has 1 saturated heterocycles. The van der Waals surface area contributed by atoms with E-state index in [1.54, 1.807) is 33.7 Å². The second-order valence-corrected chi connectivity index (χ2v) is 18.8. The number of primary amides is 1. The normalized spacial score (nSPS) is 15.5. The number of unbranched alkanes of at least 4 members (excludes halogenated alkanes) is 2. The van der Waals surface area contributed by atoms with E-state index in [0.717, 1.165) is 63.9 Å². The van der Waals surface area contributed by atoms with Gasteiger partial charge < -0.3 is 36.3 Å². The van der Waals surface area contributed by atoms with Gasteiger partial charge in [-0.05, 0) is 106 Å². The first-order valence-corrected chi connectivity index (χ1v) is 24.7. The highest BCUT2D eigenvalue weighted by atomic mass is 16.6. The van der Waals surface area contributed by atoms with Crippen molar-refractivity contribution in [2.75, 3.05) is 31.5 Å². The fraction of sp³-hybridized carbons (Fsp3) is 0.442. The van der Waals surface area contributed by atoms with Crippen LogP contribution in [0, 0.1) is 24.7 Å². The molecule has 380 valence electrons. The van der Waals surface area contributed by atoms with E-state index in [-0.39, 0.29) is 74.3 Å². The van der Waals surface area contributed by atoms with E-state index in [2.05, 4.69) is 31.0 Å². The van der Waals surface area contributed by atoms with Crippen LogP contribution in [0.4, 0.5) is 15.3 Å². The topological polar surface area (TPSA) is 269 Å². The lowest BCUT2D eigenvalue weighted by Gasteiger charge is -2.32. The lowest BCUT2D eigenvalue weighted by molar-refractivity contribution is -0.137. The average Bonchev–Trinajstić information content (AvgIpc) is 4.11. The van der Waals surface area contributed by atoms with Crippen LogP contribution in [0.2, 0.25) is 0 Å². The standard InChI is InChI=1S/C52H64N12O8/c1-33(2)47(61-44(66)14-5-4-6-26-63-45(67)21-22-46(63)68)41(65)28-38(12-8-24-54-51(53)70)50(69)58-39-18-15-36(16-19-39)31-72-52(71)62-25-9-11-35(30-62)17-20-42-59-48(37-23-27-64-43(29-37)55-32-56-64)49(60-42)40-13-7-10-34(3)57-40/h7,10,13,15-16,18-19,21-23,27,29,32-33,35,38,47H,4-6,8-9,11-12,14,17,20,24-26,28,30-31H2,1-3H3,(H,58,69)(H,59,60)(H,61,66)(H3,53,54,70)/t35?,38-,47+/m1/s1. The molecular formula is C52H64N12O8. The third-order valence-corrected chi connectivity index (χ3v) is 13.0. The molecule has 20 heteroatoms. The van der Waals surface area contributed by atoms with Crippen molar-refractivity contribution in [3.63, 3.8) is 0 Å². The molecule has 0 aliphatic carbocycles. The summed E-state index contributed by atoms with van der Waals surface area (Å²) in [5, 5.41) is 12.5. The van der Waals surface area contributed by atoms with Gasteiger partial charge in [-0.15, -0.1) is 0 Å². The number of anilines is 1. The maximum Gasteiger partial charge on any atom is 0.410 e. The van der Waals surface area contributed by atoms with Crippen LogP contribution in [0.3, 0.4) is 0 Å². The zero-order valence-electron chi connectivity index (χ0n) is 41.1. The summed E-state index contributed by atoms with van der Waals surface area (Å²) < 4.78 is 7.47. The molecule has 5 aromatic rings. The van der Waals surface area contributed by atoms with Crippen molar-refractivity contribution in [1.82, 2.24) is 50.0 Å². The minimum Gasteiger partial charge on any atom is -0.445 e. The van der Waals surface area contributed by atoms with Crippen LogP contribution in [-0.4, -0.2) is 113 Å². The fourth-order valence-corrected chi connectivity index (χ4v) is 9.06. The predicted octanol–water partition coefficient (Wildman–Crippen LogP) is 6.06. The number of pyridine rings is 2. The van der Waals surface area contributed by atoms with Gasteiger partial charge in [-0.1, -0.05) is 38.5 Å². The lowest BCUT2D eigenvalue weighted by atomic mass is 9.89. The quantitative estimate of drug-likeness (QED) is 0.0349. The number of carbonyl (C=O) groups excluding carboxylic acids is 7. The van der Waals surface area contributed by atoms with Crippen LogP contribution < -0.4 is 21.7 Å². The SMILES string of the molecule is Cc1cccc(-c2[nH]c(CCC3CCCN(C(=O)OCc4ccc(NC(=O)[C@H](CCCNC(N)=O)CC(=O)[C@@H](NC(=O)CCCCCN5C(=O)C=CC5=O)C(C)C)cc4)C3)nc2-c2ccn3ncnc3c2)n1. The number of aromatic nitrogens is 6. The van der Waals surface area contributed by atoms with E-state index >= 15 is 0 Å². The number of likely N-dealkylation sites (tertiary alicyclic amines) is 1. The third-order valence-electron chi connectivity index (χ3n) is 13.0. The molecule has 1 unspecified atom stereocenters. The molecule has 0 radical (unpaired) electrons. The van der Waals surface area contributed by atoms with Gasteiger partial charge >= 0.3 is 12.1 Å². The van der Waals surface area contributed by atoms with Crippen molar-refractivity contribution in [1.29, 1.82) is 0 Å². The molecule has 6 heterocycles. The van der Waals surface area contributed by atoms with Gasteiger partial charge in [-0.25, -0.2) is 24.1 Å². The zero-order chi connectivity index (χ0) is 51.1. The number of carbonyl (C=O) groups is 7. The number of H-pyrrole nitrogens is 1. The van der Waals surface area contributed by atoms with E-state index < -0.39 is 30.0 Å². The Hall–Kier alpha value is -7.77. The number of ketones is 1. The molecular weight excluding hydrogens is 921 g/mol. The number of urea groups is 1. The third kappa shape index (κ3) is 14.4. The first-order valence-electron chi connectivity index (χ1n) is 24.7. The Labute approximate surface area is 418 Å². The largest absolute Gasteiger partial charge is 0.445 e. The molecule has 2 aliphatic heterocycles. The number of aryl methyl sites for hydroxylation is 2. The zero-order valence-corrected chi connectivity index (χ0v) is 41.1. The number of hydrogen-bond donors (Lipinski definition) is 5. The van der Waals surface area contributed by atoms with E-state index in [4.69, 9.17) is 20.4 Å². The first kappa shape index (κ1) is 52.1. The Balaban J connectivity index is 0.881. The van der Waals surface area contributed by atoms with E-state index in [9.17, 15) is 33.6 Å². The molecule has 1 aromatic carbocycles. The maximum absolute atomic E-state index is 13.7. The smallest absolute Gasteiger partial charge is 0.410 e. The Morgan fingerprint density at radius 2 is 1.75 bits per heavy atom. The molecule has 7 amide bonds. The molecule has 6 N–H and O–H groups in total. The number of hydrogen-bond acceptors (Lipinski definition) is 12. The lowest BCUT2D eigenvalue weighted by Crippen LogP contribution is -2.45. The number of ether oxygens (including phenoxy) is 1. The maximum atomic E-state index is 13.7. The number of nitrogens with two attached hydrogens (primary N) is 1. The number of nitrogens with zero attached hydrogens (tertiary/aromatic N) is 7. The molecule has 7 rings (SSSR count). The van der Waals surface area contributed by atoms with Gasteiger partial charge in [0.1, 0.15) is 18.8 Å². The first-order chi connectivity index (χ1) is 34.7. The van der Waals surface area contributed by atoms with Gasteiger partial charge in [0.05, 0.1) is 23.1 Å². The van der Waals surface area contributed by atoms with Crippen LogP contribution in [0.25, 0.3) is 28.3 Å². The summed E-state index contributed by atoms with van der Waals surface area (Å²) in [4.78, 5) is 109. The van der Waals surface area contributed by atoms with Crippen molar-refractivity contribution in [2.45, 2.75) is 104 Å². The van der Waals surface area contributed by atoms with Gasteiger partial charge in [0.25, 0.3) is 11.8 Å². The summed E-state index contributed by atoms with van der Waals surface area (Å²) in [6, 6.07) is 15.2. The summed E-state index contributed by atoms with van der Waals surface area (Å²) in [6.45, 7) is 7.27. The molecule has 0 saturated carbocycles. The number of imide groups is 1. The number of piperidine rings is 1. The predicted molar refractivity (Wildman–Crippen MR) is 267 cm³/mol. The Morgan fingerprint density at radius 1 is 0.958 bits per heavy atom. The highest BCUT2D eigenvalue weighted by Gasteiger charge is 2.30. The van der Waals surface area contributed by atoms with Crippen molar-refractivity contribution in [3.05, 3.63) is 96.4 Å². The number of fused-ring (bicyclic) bond motifs is 1.